The number of ketones is 2. The molecular formula is C34H40F2N10O4S. The molecule has 2 fully saturated rings. The van der Waals surface area contributed by atoms with Crippen molar-refractivity contribution in [2.24, 2.45) is 0 Å². The van der Waals surface area contributed by atoms with Gasteiger partial charge in [-0.25, -0.2) is 31.5 Å². The van der Waals surface area contributed by atoms with Crippen LogP contribution in [0.3, 0.4) is 0 Å². The van der Waals surface area contributed by atoms with Gasteiger partial charge >= 0.3 is 0 Å². The molecule has 0 atom stereocenters. The van der Waals surface area contributed by atoms with Crippen LogP contribution in [0.15, 0.2) is 60.9 Å². The van der Waals surface area contributed by atoms with Crippen LogP contribution in [-0.4, -0.2) is 88.2 Å². The zero-order chi connectivity index (χ0) is 36.5. The third-order valence-electron chi connectivity index (χ3n) is 8.58. The van der Waals surface area contributed by atoms with Gasteiger partial charge in [0.15, 0.2) is 0 Å². The number of anilines is 4. The predicted molar refractivity (Wildman–Crippen MR) is 190 cm³/mol. The Morgan fingerprint density at radius 1 is 0.765 bits per heavy atom. The molecule has 0 unspecified atom stereocenters. The number of aromatic nitrogens is 4. The van der Waals surface area contributed by atoms with Gasteiger partial charge in [-0.05, 0) is 70.0 Å². The molecule has 0 aliphatic carbocycles. The third kappa shape index (κ3) is 9.36. The van der Waals surface area contributed by atoms with Crippen molar-refractivity contribution in [1.29, 1.82) is 0 Å². The van der Waals surface area contributed by atoms with Crippen molar-refractivity contribution in [2.45, 2.75) is 44.7 Å². The number of sulfonamides is 1. The molecule has 51 heavy (non-hydrogen) atoms. The lowest BCUT2D eigenvalue weighted by atomic mass is 10.0. The average Bonchev–Trinajstić information content (AvgIpc) is 3.13. The Kier molecular flexibility index (Phi) is 12.2. The fraction of sp³-hybridized carbons (Fsp3) is 0.353. The maximum Gasteiger partial charge on any atom is 0.224 e. The highest BCUT2D eigenvalue weighted by atomic mass is 32.2. The van der Waals surface area contributed by atoms with Gasteiger partial charge in [-0.3, -0.25) is 9.59 Å². The number of nitrogens with two attached hydrogens (primary N) is 2. The second kappa shape index (κ2) is 16.7. The second-order valence-corrected chi connectivity index (χ2v) is 14.2. The van der Waals surface area contributed by atoms with E-state index in [1.165, 1.54) is 53.1 Å². The lowest BCUT2D eigenvalue weighted by Crippen LogP contribution is -2.43. The quantitative estimate of drug-likeness (QED) is 0.149. The number of rotatable bonds is 10. The summed E-state index contributed by atoms with van der Waals surface area (Å²) in [6.45, 7) is 4.36. The maximum atomic E-state index is 13.8. The number of benzene rings is 2. The normalized spacial score (nSPS) is 15.7. The molecule has 2 aromatic carbocycles. The van der Waals surface area contributed by atoms with E-state index in [-0.39, 0.29) is 57.7 Å². The van der Waals surface area contributed by atoms with Gasteiger partial charge < -0.3 is 27.4 Å². The van der Waals surface area contributed by atoms with Crippen LogP contribution in [-0.2, 0) is 10.0 Å². The van der Waals surface area contributed by atoms with Crippen LogP contribution >= 0.6 is 0 Å². The van der Waals surface area contributed by atoms with Crippen LogP contribution in [0.25, 0.3) is 0 Å². The fourth-order valence-corrected chi connectivity index (χ4v) is 6.78. The summed E-state index contributed by atoms with van der Waals surface area (Å²) in [5.41, 5.74) is 11.8. The number of nitrogen functional groups attached to an aromatic ring is 2. The summed E-state index contributed by atoms with van der Waals surface area (Å²) >= 11 is 0. The standard InChI is InChI=1S/C18H22FN5O3S.C16H18FN5O/c1-2-28(26,27)24-9-7-12(8-10-24)22-18-21-11-14(17(20)23-18)16(25)13-5-3-4-6-15(13)19;17-13-4-2-1-3-11(13)14(23)12-9-20-16(22-15(12)18)21-10-5-7-19-8-6-10/h3-6,11-12H,2,7-10H2,1H3,(H3,20,21,22,23);1-4,9-10,19H,5-8H2,(H3,18,20,21,22). The lowest BCUT2D eigenvalue weighted by molar-refractivity contribution is 0.102. The first-order valence-electron chi connectivity index (χ1n) is 16.5. The topological polar surface area (TPSA) is 211 Å². The van der Waals surface area contributed by atoms with E-state index >= 15 is 0 Å². The Balaban J connectivity index is 0.000000201. The first-order valence-corrected chi connectivity index (χ1v) is 18.1. The summed E-state index contributed by atoms with van der Waals surface area (Å²) in [6, 6.07) is 11.7. The number of halogens is 2. The van der Waals surface area contributed by atoms with Crippen LogP contribution in [0.5, 0.6) is 0 Å². The predicted octanol–water partition coefficient (Wildman–Crippen LogP) is 3.25. The van der Waals surface area contributed by atoms with Crippen molar-refractivity contribution in [3.8, 4) is 0 Å². The Morgan fingerprint density at radius 2 is 1.20 bits per heavy atom. The van der Waals surface area contributed by atoms with Gasteiger partial charge in [0.2, 0.25) is 33.5 Å². The highest BCUT2D eigenvalue weighted by Gasteiger charge is 2.27. The zero-order valence-corrected chi connectivity index (χ0v) is 28.8. The number of piperidine rings is 2. The van der Waals surface area contributed by atoms with Crippen LogP contribution in [0.2, 0.25) is 0 Å². The van der Waals surface area contributed by atoms with E-state index in [2.05, 4.69) is 35.9 Å². The molecule has 2 saturated heterocycles. The second-order valence-electron chi connectivity index (χ2n) is 12.0. The van der Waals surface area contributed by atoms with Gasteiger partial charge in [0, 0.05) is 37.6 Å². The minimum Gasteiger partial charge on any atom is -0.383 e. The minimum absolute atomic E-state index is 0.00387. The summed E-state index contributed by atoms with van der Waals surface area (Å²) in [5, 5.41) is 9.60. The molecule has 2 aromatic heterocycles. The van der Waals surface area contributed by atoms with Crippen molar-refractivity contribution >= 4 is 45.1 Å². The smallest absolute Gasteiger partial charge is 0.224 e. The Bertz CT molecular complexity index is 1970. The highest BCUT2D eigenvalue weighted by Crippen LogP contribution is 2.22. The molecule has 4 heterocycles. The molecule has 14 nitrogen and oxygen atoms in total. The van der Waals surface area contributed by atoms with Gasteiger partial charge in [0.1, 0.15) is 23.3 Å². The molecule has 0 bridgehead atoms. The summed E-state index contributed by atoms with van der Waals surface area (Å²) < 4.78 is 52.9. The van der Waals surface area contributed by atoms with E-state index in [4.69, 9.17) is 11.5 Å². The van der Waals surface area contributed by atoms with Gasteiger partial charge in [-0.15, -0.1) is 0 Å². The van der Waals surface area contributed by atoms with E-state index in [9.17, 15) is 26.8 Å². The van der Waals surface area contributed by atoms with Crippen molar-refractivity contribution in [1.82, 2.24) is 29.6 Å². The Hall–Kier alpha value is -5.13. The molecule has 0 amide bonds. The summed E-state index contributed by atoms with van der Waals surface area (Å²) in [7, 11) is -3.18. The number of hydrogen-bond acceptors (Lipinski definition) is 13. The zero-order valence-electron chi connectivity index (χ0n) is 28.0. The number of nitrogens with zero attached hydrogens (tertiary/aromatic N) is 5. The van der Waals surface area contributed by atoms with Crippen molar-refractivity contribution in [3.63, 3.8) is 0 Å². The maximum absolute atomic E-state index is 13.8. The van der Waals surface area contributed by atoms with Crippen LogP contribution in [0.4, 0.5) is 32.3 Å². The Morgan fingerprint density at radius 3 is 1.61 bits per heavy atom. The van der Waals surface area contributed by atoms with Crippen LogP contribution in [0.1, 0.15) is 64.4 Å². The SMILES string of the molecule is CCS(=O)(=O)N1CCC(Nc2ncc(C(=O)c3ccccc3F)c(N)n2)CC1.Nc1nc(NC2CCNCC2)ncc1C(=O)c1ccccc1F. The minimum atomic E-state index is -3.18. The largest absolute Gasteiger partial charge is 0.383 e. The van der Waals surface area contributed by atoms with Crippen molar-refractivity contribution in [2.75, 3.05) is 54.0 Å². The summed E-state index contributed by atoms with van der Waals surface area (Å²) in [4.78, 5) is 41.3. The molecular weight excluding hydrogens is 683 g/mol. The monoisotopic (exact) mass is 722 g/mol. The number of carbonyl (C=O) groups excluding carboxylic acids is 2. The van der Waals surface area contributed by atoms with Gasteiger partial charge in [-0.2, -0.15) is 9.97 Å². The van der Waals surface area contributed by atoms with Crippen molar-refractivity contribution in [3.05, 3.63) is 94.8 Å². The van der Waals surface area contributed by atoms with E-state index in [1.807, 2.05) is 0 Å². The van der Waals surface area contributed by atoms with Gasteiger partial charge in [-0.1, -0.05) is 24.3 Å². The molecule has 4 aromatic rings. The lowest BCUT2D eigenvalue weighted by Gasteiger charge is -2.31. The average molecular weight is 723 g/mol. The van der Waals surface area contributed by atoms with Crippen LogP contribution < -0.4 is 27.4 Å². The van der Waals surface area contributed by atoms with Gasteiger partial charge in [0.05, 0.1) is 28.0 Å². The first kappa shape index (κ1) is 37.1. The van der Waals surface area contributed by atoms with E-state index in [0.29, 0.717) is 31.9 Å². The highest BCUT2D eigenvalue weighted by molar-refractivity contribution is 7.89. The molecule has 0 spiro atoms. The molecule has 0 saturated carbocycles. The summed E-state index contributed by atoms with van der Waals surface area (Å²) in [6.07, 6.45) is 5.78. The molecule has 2 aliphatic rings. The summed E-state index contributed by atoms with van der Waals surface area (Å²) in [5.74, 6) is -1.60. The molecule has 6 rings (SSSR count). The van der Waals surface area contributed by atoms with E-state index < -0.39 is 33.2 Å². The molecule has 7 N–H and O–H groups in total. The fourth-order valence-electron chi connectivity index (χ4n) is 5.65. The first-order chi connectivity index (χ1) is 24.5. The van der Waals surface area contributed by atoms with E-state index in [0.717, 1.165) is 25.9 Å². The Labute approximate surface area is 294 Å². The van der Waals surface area contributed by atoms with E-state index in [1.54, 1.807) is 19.1 Å². The van der Waals surface area contributed by atoms with Crippen molar-refractivity contribution < 1.29 is 26.8 Å². The molecule has 17 heteroatoms. The van der Waals surface area contributed by atoms with Crippen LogP contribution in [0, 0.1) is 11.6 Å². The number of carbonyl (C=O) groups is 2. The number of hydrogen-bond donors (Lipinski definition) is 5. The molecule has 0 radical (unpaired) electrons. The molecule has 270 valence electrons. The number of nitrogens with one attached hydrogen (secondary N) is 3. The third-order valence-corrected chi connectivity index (χ3v) is 10.5. The van der Waals surface area contributed by atoms with Gasteiger partial charge in [0.25, 0.3) is 0 Å². The molecule has 2 aliphatic heterocycles.